The monoisotopic (exact) mass is 316 g/mol. The molecule has 0 fully saturated rings. The maximum Gasteiger partial charge on any atom is 0.321 e. The van der Waals surface area contributed by atoms with Gasteiger partial charge < -0.3 is 5.32 Å². The maximum absolute atomic E-state index is 11.8. The third-order valence-electron chi connectivity index (χ3n) is 2.83. The minimum Gasteiger partial charge on any atom is -0.333 e. The molecule has 0 saturated heterocycles. The van der Waals surface area contributed by atoms with Gasteiger partial charge in [-0.2, -0.15) is 0 Å². The van der Waals surface area contributed by atoms with E-state index in [4.69, 9.17) is 0 Å². The van der Waals surface area contributed by atoms with Crippen molar-refractivity contribution in [3.8, 4) is 0 Å². The van der Waals surface area contributed by atoms with Crippen molar-refractivity contribution < 1.29 is 9.59 Å². The smallest absolute Gasteiger partial charge is 0.321 e. The number of imide groups is 1. The molecule has 0 aromatic heterocycles. The van der Waals surface area contributed by atoms with Crippen LogP contribution in [0.15, 0.2) is 47.4 Å². The van der Waals surface area contributed by atoms with Gasteiger partial charge in [0.2, 0.25) is 5.91 Å². The average Bonchev–Trinajstić information content (AvgIpc) is 2.42. The van der Waals surface area contributed by atoms with Gasteiger partial charge in [-0.05, 0) is 43.7 Å². The lowest BCUT2D eigenvalue weighted by atomic mass is 10.1. The zero-order chi connectivity index (χ0) is 16.2. The second-order valence-electron chi connectivity index (χ2n) is 6.05. The zero-order valence-electron chi connectivity index (χ0n) is 13.0. The fourth-order valence-electron chi connectivity index (χ4n) is 1.94. The molecule has 0 aliphatic rings. The zero-order valence-corrected chi connectivity index (χ0v) is 13.8. The van der Waals surface area contributed by atoms with Crippen molar-refractivity contribution in [3.05, 3.63) is 42.5 Å². The Morgan fingerprint density at radius 2 is 1.73 bits per heavy atom. The molecule has 2 aromatic carbocycles. The molecular formula is C17H20N2O2S. The van der Waals surface area contributed by atoms with Crippen LogP contribution in [-0.2, 0) is 4.79 Å². The SMILES string of the molecule is CC(C)(C)NC(=O)NC(=O)CSc1ccc2ccccc2c1. The molecule has 2 rings (SSSR count). The first kappa shape index (κ1) is 16.4. The number of carbonyl (C=O) groups excluding carboxylic acids is 2. The van der Waals surface area contributed by atoms with Crippen LogP contribution in [0.5, 0.6) is 0 Å². The molecular weight excluding hydrogens is 296 g/mol. The van der Waals surface area contributed by atoms with E-state index in [1.54, 1.807) is 0 Å². The van der Waals surface area contributed by atoms with E-state index in [2.05, 4.69) is 10.6 Å². The van der Waals surface area contributed by atoms with Crippen molar-refractivity contribution >= 4 is 34.5 Å². The molecule has 0 spiro atoms. The highest BCUT2D eigenvalue weighted by Gasteiger charge is 2.15. The molecule has 0 saturated carbocycles. The highest BCUT2D eigenvalue weighted by Crippen LogP contribution is 2.23. The van der Waals surface area contributed by atoms with Crippen LogP contribution in [0.2, 0.25) is 0 Å². The summed E-state index contributed by atoms with van der Waals surface area (Å²) in [5.74, 6) is -0.101. The summed E-state index contributed by atoms with van der Waals surface area (Å²) in [6, 6.07) is 13.7. The number of carbonyl (C=O) groups is 2. The summed E-state index contributed by atoms with van der Waals surface area (Å²) in [5, 5.41) is 7.33. The van der Waals surface area contributed by atoms with Gasteiger partial charge in [-0.3, -0.25) is 10.1 Å². The van der Waals surface area contributed by atoms with Crippen molar-refractivity contribution in [2.45, 2.75) is 31.2 Å². The van der Waals surface area contributed by atoms with Crippen molar-refractivity contribution in [3.63, 3.8) is 0 Å². The Balaban J connectivity index is 1.88. The number of thioether (sulfide) groups is 1. The number of hydrogen-bond donors (Lipinski definition) is 2. The summed E-state index contributed by atoms with van der Waals surface area (Å²) in [5.41, 5.74) is -0.365. The lowest BCUT2D eigenvalue weighted by Gasteiger charge is -2.20. The van der Waals surface area contributed by atoms with E-state index in [-0.39, 0.29) is 17.2 Å². The second-order valence-corrected chi connectivity index (χ2v) is 7.10. The molecule has 5 heteroatoms. The fourth-order valence-corrected chi connectivity index (χ4v) is 2.69. The number of nitrogens with one attached hydrogen (secondary N) is 2. The minimum atomic E-state index is -0.461. The van der Waals surface area contributed by atoms with Crippen molar-refractivity contribution in [2.24, 2.45) is 0 Å². The number of fused-ring (bicyclic) bond motifs is 1. The van der Waals surface area contributed by atoms with E-state index in [1.165, 1.54) is 17.1 Å². The van der Waals surface area contributed by atoms with Gasteiger partial charge >= 0.3 is 6.03 Å². The van der Waals surface area contributed by atoms with Gasteiger partial charge in [-0.1, -0.05) is 30.3 Å². The van der Waals surface area contributed by atoms with Crippen molar-refractivity contribution in [2.75, 3.05) is 5.75 Å². The predicted molar refractivity (Wildman–Crippen MR) is 91.1 cm³/mol. The van der Waals surface area contributed by atoms with Gasteiger partial charge in [0, 0.05) is 10.4 Å². The molecule has 2 N–H and O–H groups in total. The number of benzene rings is 2. The van der Waals surface area contributed by atoms with Gasteiger partial charge in [-0.25, -0.2) is 4.79 Å². The van der Waals surface area contributed by atoms with Crippen molar-refractivity contribution in [1.82, 2.24) is 10.6 Å². The van der Waals surface area contributed by atoms with E-state index in [9.17, 15) is 9.59 Å². The Morgan fingerprint density at radius 1 is 1.05 bits per heavy atom. The van der Waals surface area contributed by atoms with Crippen molar-refractivity contribution in [1.29, 1.82) is 0 Å². The van der Waals surface area contributed by atoms with Gasteiger partial charge in [0.15, 0.2) is 0 Å². The normalized spacial score (nSPS) is 11.2. The summed E-state index contributed by atoms with van der Waals surface area (Å²) in [4.78, 5) is 24.4. The van der Waals surface area contributed by atoms with Crippen LogP contribution in [-0.4, -0.2) is 23.2 Å². The Hall–Kier alpha value is -2.01. The van der Waals surface area contributed by atoms with Crippen LogP contribution in [0, 0.1) is 0 Å². The molecule has 0 atom stereocenters. The number of hydrogen-bond acceptors (Lipinski definition) is 3. The molecule has 0 aliphatic carbocycles. The predicted octanol–water partition coefficient (Wildman–Crippen LogP) is 3.56. The van der Waals surface area contributed by atoms with Gasteiger partial charge in [0.1, 0.15) is 0 Å². The van der Waals surface area contributed by atoms with E-state index in [1.807, 2.05) is 63.2 Å². The molecule has 3 amide bonds. The molecule has 2 aromatic rings. The molecule has 4 nitrogen and oxygen atoms in total. The Kier molecular flexibility index (Phi) is 5.08. The largest absolute Gasteiger partial charge is 0.333 e. The lowest BCUT2D eigenvalue weighted by molar-refractivity contribution is -0.117. The van der Waals surface area contributed by atoms with Crippen LogP contribution in [0.3, 0.4) is 0 Å². The van der Waals surface area contributed by atoms with E-state index < -0.39 is 6.03 Å². The summed E-state index contributed by atoms with van der Waals surface area (Å²) in [7, 11) is 0. The summed E-state index contributed by atoms with van der Waals surface area (Å²) in [6.07, 6.45) is 0. The summed E-state index contributed by atoms with van der Waals surface area (Å²) >= 11 is 1.41. The second kappa shape index (κ2) is 6.83. The molecule has 22 heavy (non-hydrogen) atoms. The Labute approximate surface area is 134 Å². The first-order valence-corrected chi connectivity index (χ1v) is 8.06. The third-order valence-corrected chi connectivity index (χ3v) is 3.83. The maximum atomic E-state index is 11.8. The van der Waals surface area contributed by atoms with Gasteiger partial charge in [0.05, 0.1) is 5.75 Å². The minimum absolute atomic E-state index is 0.204. The van der Waals surface area contributed by atoms with Gasteiger partial charge in [-0.15, -0.1) is 11.8 Å². The van der Waals surface area contributed by atoms with Crippen LogP contribution in [0.4, 0.5) is 4.79 Å². The summed E-state index contributed by atoms with van der Waals surface area (Å²) < 4.78 is 0. The van der Waals surface area contributed by atoms with E-state index in [0.29, 0.717) is 0 Å². The lowest BCUT2D eigenvalue weighted by Crippen LogP contribution is -2.48. The molecule has 0 unspecified atom stereocenters. The number of rotatable bonds is 3. The van der Waals surface area contributed by atoms with E-state index in [0.717, 1.165) is 10.3 Å². The molecule has 0 bridgehead atoms. The Bertz CT molecular complexity index is 692. The molecule has 0 heterocycles. The Morgan fingerprint density at radius 3 is 2.41 bits per heavy atom. The number of amides is 3. The quantitative estimate of drug-likeness (QED) is 0.851. The highest BCUT2D eigenvalue weighted by molar-refractivity contribution is 8.00. The topological polar surface area (TPSA) is 58.2 Å². The van der Waals surface area contributed by atoms with Crippen LogP contribution in [0.25, 0.3) is 10.8 Å². The van der Waals surface area contributed by atoms with Gasteiger partial charge in [0.25, 0.3) is 0 Å². The summed E-state index contributed by atoms with van der Waals surface area (Å²) in [6.45, 7) is 5.59. The average molecular weight is 316 g/mol. The fraction of sp³-hybridized carbons (Fsp3) is 0.294. The first-order valence-electron chi connectivity index (χ1n) is 7.07. The first-order chi connectivity index (χ1) is 10.3. The third kappa shape index (κ3) is 5.07. The standard InChI is InChI=1S/C17H20N2O2S/c1-17(2,3)19-16(21)18-15(20)11-22-14-9-8-12-6-4-5-7-13(12)10-14/h4-10H,11H2,1-3H3,(H2,18,19,20,21). The number of urea groups is 1. The van der Waals surface area contributed by atoms with E-state index >= 15 is 0 Å². The highest BCUT2D eigenvalue weighted by atomic mass is 32.2. The molecule has 0 radical (unpaired) electrons. The molecule has 116 valence electrons. The van der Waals surface area contributed by atoms with Crippen LogP contribution in [0.1, 0.15) is 20.8 Å². The van der Waals surface area contributed by atoms with Crippen LogP contribution < -0.4 is 10.6 Å². The van der Waals surface area contributed by atoms with Crippen LogP contribution >= 0.6 is 11.8 Å². The molecule has 0 aliphatic heterocycles.